The van der Waals surface area contributed by atoms with Gasteiger partial charge in [-0.15, -0.1) is 0 Å². The minimum atomic E-state index is -0.834. The Morgan fingerprint density at radius 1 is 1.35 bits per heavy atom. The number of halogens is 2. The van der Waals surface area contributed by atoms with E-state index in [1.807, 2.05) is 0 Å². The molecule has 0 spiro atoms. The largest absolute Gasteiger partial charge is 0.299 e. The summed E-state index contributed by atoms with van der Waals surface area (Å²) in [5, 5.41) is 0. The normalized spacial score (nSPS) is 25.0. The smallest absolute Gasteiger partial charge is 0.162 e. The molecule has 0 amide bonds. The van der Waals surface area contributed by atoms with Crippen LogP contribution < -0.4 is 0 Å². The van der Waals surface area contributed by atoms with Gasteiger partial charge in [-0.3, -0.25) is 4.79 Å². The van der Waals surface area contributed by atoms with Gasteiger partial charge in [-0.05, 0) is 36.8 Å². The molecule has 92 valence electrons. The molecule has 17 heavy (non-hydrogen) atoms. The van der Waals surface area contributed by atoms with Crippen molar-refractivity contribution >= 4 is 5.78 Å². The van der Waals surface area contributed by atoms with E-state index in [9.17, 15) is 13.6 Å². The number of rotatable bonds is 2. The molecule has 0 heterocycles. The van der Waals surface area contributed by atoms with Crippen molar-refractivity contribution in [2.24, 2.45) is 11.8 Å². The van der Waals surface area contributed by atoms with Crippen molar-refractivity contribution < 1.29 is 13.6 Å². The zero-order valence-corrected chi connectivity index (χ0v) is 9.88. The molecule has 2 unspecified atom stereocenters. The Hall–Kier alpha value is -1.25. The van der Waals surface area contributed by atoms with E-state index in [1.54, 1.807) is 6.07 Å². The molecule has 1 fully saturated rings. The van der Waals surface area contributed by atoms with Crippen LogP contribution >= 0.6 is 0 Å². The highest BCUT2D eigenvalue weighted by atomic mass is 19.2. The molecule has 0 aromatic heterocycles. The highest BCUT2D eigenvalue weighted by Gasteiger charge is 2.27. The van der Waals surface area contributed by atoms with Crippen LogP contribution in [0.1, 0.15) is 31.7 Å². The lowest BCUT2D eigenvalue weighted by Crippen LogP contribution is -2.25. The van der Waals surface area contributed by atoms with Crippen LogP contribution in [0.3, 0.4) is 0 Å². The first kappa shape index (κ1) is 12.2. The van der Waals surface area contributed by atoms with E-state index < -0.39 is 11.6 Å². The lowest BCUT2D eigenvalue weighted by Gasteiger charge is -2.25. The molecule has 0 radical (unpaired) electrons. The maximum Gasteiger partial charge on any atom is 0.162 e. The van der Waals surface area contributed by atoms with Crippen molar-refractivity contribution in [1.29, 1.82) is 0 Å². The number of benzene rings is 1. The Labute approximate surface area is 99.8 Å². The van der Waals surface area contributed by atoms with Crippen LogP contribution in [0.15, 0.2) is 18.2 Å². The fraction of sp³-hybridized carbons (Fsp3) is 0.500. The molecule has 1 aliphatic rings. The van der Waals surface area contributed by atoms with Gasteiger partial charge in [0, 0.05) is 12.3 Å². The second-order valence-corrected chi connectivity index (χ2v) is 4.96. The molecule has 0 saturated heterocycles. The Morgan fingerprint density at radius 3 is 2.88 bits per heavy atom. The van der Waals surface area contributed by atoms with Crippen molar-refractivity contribution in [3.63, 3.8) is 0 Å². The van der Waals surface area contributed by atoms with Crippen LogP contribution in [0.2, 0.25) is 0 Å². The molecule has 0 aliphatic heterocycles. The Kier molecular flexibility index (Phi) is 3.55. The number of ketones is 1. The summed E-state index contributed by atoms with van der Waals surface area (Å²) < 4.78 is 26.5. The van der Waals surface area contributed by atoms with E-state index in [2.05, 4.69) is 6.92 Å². The summed E-state index contributed by atoms with van der Waals surface area (Å²) >= 11 is 0. The van der Waals surface area contributed by atoms with Crippen LogP contribution in [-0.2, 0) is 11.2 Å². The first-order valence-corrected chi connectivity index (χ1v) is 6.03. The van der Waals surface area contributed by atoms with Gasteiger partial charge < -0.3 is 0 Å². The van der Waals surface area contributed by atoms with Gasteiger partial charge in [-0.2, -0.15) is 0 Å². The van der Waals surface area contributed by atoms with Gasteiger partial charge in [0.1, 0.15) is 5.78 Å². The zero-order valence-electron chi connectivity index (χ0n) is 9.88. The molecule has 0 N–H and O–H groups in total. The summed E-state index contributed by atoms with van der Waals surface area (Å²) in [5.41, 5.74) is 0.317. The van der Waals surface area contributed by atoms with Crippen molar-refractivity contribution in [2.75, 3.05) is 0 Å². The summed E-state index contributed by atoms with van der Waals surface area (Å²) in [6.45, 7) is 2.10. The van der Waals surface area contributed by atoms with E-state index in [0.717, 1.165) is 18.9 Å². The predicted octanol–water partition coefficient (Wildman–Crippen LogP) is 3.51. The van der Waals surface area contributed by atoms with Gasteiger partial charge in [0.05, 0.1) is 0 Å². The second kappa shape index (κ2) is 4.94. The van der Waals surface area contributed by atoms with E-state index >= 15 is 0 Å². The molecular formula is C14H16F2O. The third-order valence-corrected chi connectivity index (χ3v) is 3.52. The summed E-state index contributed by atoms with van der Waals surface area (Å²) in [6.07, 6.45) is 2.60. The number of Topliss-reactive ketones (excluding diaryl/α,β-unsaturated/α-hetero) is 1. The predicted molar refractivity (Wildman–Crippen MR) is 61.6 cm³/mol. The van der Waals surface area contributed by atoms with Crippen molar-refractivity contribution in [1.82, 2.24) is 0 Å². The maximum absolute atomic E-state index is 13.5. The standard InChI is InChI=1S/C14H16F2O/c1-9-5-6-13(17)11(7-9)8-10-3-2-4-12(15)14(10)16/h2-4,9,11H,5-8H2,1H3. The van der Waals surface area contributed by atoms with Crippen LogP contribution in [0.5, 0.6) is 0 Å². The van der Waals surface area contributed by atoms with Crippen molar-refractivity contribution in [3.05, 3.63) is 35.4 Å². The van der Waals surface area contributed by atoms with Gasteiger partial charge in [0.15, 0.2) is 11.6 Å². The minimum Gasteiger partial charge on any atom is -0.299 e. The quantitative estimate of drug-likeness (QED) is 0.770. The Morgan fingerprint density at radius 2 is 2.12 bits per heavy atom. The molecule has 1 aromatic carbocycles. The van der Waals surface area contributed by atoms with Gasteiger partial charge in [0.25, 0.3) is 0 Å². The number of hydrogen-bond donors (Lipinski definition) is 0. The number of hydrogen-bond acceptors (Lipinski definition) is 1. The third-order valence-electron chi connectivity index (χ3n) is 3.52. The lowest BCUT2D eigenvalue weighted by atomic mass is 9.78. The fourth-order valence-corrected chi connectivity index (χ4v) is 2.50. The van der Waals surface area contributed by atoms with Crippen LogP contribution in [-0.4, -0.2) is 5.78 Å². The van der Waals surface area contributed by atoms with Crippen LogP contribution in [0.25, 0.3) is 0 Å². The molecular weight excluding hydrogens is 222 g/mol. The van der Waals surface area contributed by atoms with E-state index in [0.29, 0.717) is 24.3 Å². The third kappa shape index (κ3) is 2.71. The Bertz CT molecular complexity index is 428. The highest BCUT2D eigenvalue weighted by Crippen LogP contribution is 2.29. The van der Waals surface area contributed by atoms with E-state index in [4.69, 9.17) is 0 Å². The molecule has 3 heteroatoms. The highest BCUT2D eigenvalue weighted by molar-refractivity contribution is 5.82. The van der Waals surface area contributed by atoms with Crippen LogP contribution in [0.4, 0.5) is 8.78 Å². The maximum atomic E-state index is 13.5. The van der Waals surface area contributed by atoms with E-state index in [-0.39, 0.29) is 11.7 Å². The second-order valence-electron chi connectivity index (χ2n) is 4.96. The molecule has 1 aliphatic carbocycles. The van der Waals surface area contributed by atoms with Crippen molar-refractivity contribution in [2.45, 2.75) is 32.6 Å². The summed E-state index contributed by atoms with van der Waals surface area (Å²) in [6, 6.07) is 4.15. The minimum absolute atomic E-state index is 0.143. The topological polar surface area (TPSA) is 17.1 Å². The summed E-state index contributed by atoms with van der Waals surface area (Å²) in [7, 11) is 0. The van der Waals surface area contributed by atoms with Crippen molar-refractivity contribution in [3.8, 4) is 0 Å². The van der Waals surface area contributed by atoms with Crippen LogP contribution in [0, 0.1) is 23.5 Å². The first-order chi connectivity index (χ1) is 8.08. The monoisotopic (exact) mass is 238 g/mol. The summed E-state index contributed by atoms with van der Waals surface area (Å²) in [5.74, 6) is -1.10. The lowest BCUT2D eigenvalue weighted by molar-refractivity contribution is -0.125. The zero-order chi connectivity index (χ0) is 12.4. The number of carbonyl (C=O) groups is 1. The fourth-order valence-electron chi connectivity index (χ4n) is 2.50. The Balaban J connectivity index is 2.14. The number of carbonyl (C=O) groups excluding carboxylic acids is 1. The van der Waals surface area contributed by atoms with E-state index in [1.165, 1.54) is 6.07 Å². The average Bonchev–Trinajstić information content (AvgIpc) is 2.30. The average molecular weight is 238 g/mol. The first-order valence-electron chi connectivity index (χ1n) is 6.03. The van der Waals surface area contributed by atoms with Gasteiger partial charge in [-0.25, -0.2) is 8.78 Å². The molecule has 1 saturated carbocycles. The SMILES string of the molecule is CC1CCC(=O)C(Cc2cccc(F)c2F)C1. The summed E-state index contributed by atoms with van der Waals surface area (Å²) in [4.78, 5) is 11.7. The molecule has 1 nitrogen and oxygen atoms in total. The van der Waals surface area contributed by atoms with Gasteiger partial charge >= 0.3 is 0 Å². The molecule has 2 rings (SSSR count). The molecule has 2 atom stereocenters. The molecule has 0 bridgehead atoms. The molecule has 1 aromatic rings. The van der Waals surface area contributed by atoms with Gasteiger partial charge in [-0.1, -0.05) is 19.1 Å². The van der Waals surface area contributed by atoms with Gasteiger partial charge in [0.2, 0.25) is 0 Å².